The first-order chi connectivity index (χ1) is 12.9. The van der Waals surface area contributed by atoms with E-state index < -0.39 is 0 Å². The number of unbranched alkanes of at least 4 members (excludes halogenated alkanes) is 1. The smallest absolute Gasteiger partial charge is 0.00104 e. The normalized spacial score (nSPS) is 11.4. The average Bonchev–Trinajstić information content (AvgIpc) is 2.52. The largest absolute Gasteiger partial charge is 0.315 e. The molecule has 0 heterocycles. The van der Waals surface area contributed by atoms with E-state index in [0.29, 0.717) is 18.1 Å². The van der Waals surface area contributed by atoms with Gasteiger partial charge < -0.3 is 16.0 Å². The van der Waals surface area contributed by atoms with Gasteiger partial charge in [0.05, 0.1) is 0 Å². The first-order valence-electron chi connectivity index (χ1n) is 12.1. The minimum absolute atomic E-state index is 0.636. The van der Waals surface area contributed by atoms with Crippen LogP contribution in [-0.4, -0.2) is 37.8 Å². The lowest BCUT2D eigenvalue weighted by molar-refractivity contribution is 0.503. The van der Waals surface area contributed by atoms with E-state index in [1.807, 2.05) is 0 Å². The zero-order chi connectivity index (χ0) is 22.5. The predicted octanol–water partition coefficient (Wildman–Crippen LogP) is 6.48. The van der Waals surface area contributed by atoms with E-state index >= 15 is 0 Å². The van der Waals surface area contributed by atoms with Crippen LogP contribution in [-0.2, 0) is 0 Å². The molecule has 0 atom stereocenters. The van der Waals surface area contributed by atoms with Gasteiger partial charge in [0.25, 0.3) is 0 Å². The van der Waals surface area contributed by atoms with Gasteiger partial charge in [-0.15, -0.1) is 0 Å². The Labute approximate surface area is 180 Å². The van der Waals surface area contributed by atoms with Crippen molar-refractivity contribution in [1.29, 1.82) is 0 Å². The minimum Gasteiger partial charge on any atom is -0.315 e. The van der Waals surface area contributed by atoms with Crippen molar-refractivity contribution in [3.8, 4) is 0 Å². The van der Waals surface area contributed by atoms with Crippen molar-refractivity contribution in [3.63, 3.8) is 0 Å². The van der Waals surface area contributed by atoms with E-state index in [1.54, 1.807) is 0 Å². The highest BCUT2D eigenvalue weighted by molar-refractivity contribution is 4.55. The van der Waals surface area contributed by atoms with Crippen molar-refractivity contribution in [1.82, 2.24) is 16.0 Å². The van der Waals surface area contributed by atoms with Gasteiger partial charge in [0, 0.05) is 18.1 Å². The molecule has 0 radical (unpaired) electrons. The molecule has 0 aromatic heterocycles. The summed E-state index contributed by atoms with van der Waals surface area (Å²) in [7, 11) is 0. The van der Waals surface area contributed by atoms with Crippen LogP contribution in [0.5, 0.6) is 0 Å². The second kappa shape index (κ2) is 23.2. The molecule has 3 nitrogen and oxygen atoms in total. The van der Waals surface area contributed by atoms with Gasteiger partial charge in [-0.25, -0.2) is 0 Å². The maximum Gasteiger partial charge on any atom is 0.00104 e. The van der Waals surface area contributed by atoms with Crippen LogP contribution >= 0.6 is 0 Å². The molecule has 0 saturated heterocycles. The molecule has 0 aliphatic heterocycles. The fourth-order valence-electron chi connectivity index (χ4n) is 2.20. The number of rotatable bonds is 13. The average molecular weight is 402 g/mol. The van der Waals surface area contributed by atoms with E-state index in [4.69, 9.17) is 0 Å². The molecule has 0 aliphatic carbocycles. The summed E-state index contributed by atoms with van der Waals surface area (Å²) >= 11 is 0. The summed E-state index contributed by atoms with van der Waals surface area (Å²) in [4.78, 5) is 0. The third-order valence-electron chi connectivity index (χ3n) is 3.97. The maximum atomic E-state index is 3.42. The maximum absolute atomic E-state index is 3.42. The molecule has 0 bridgehead atoms. The monoisotopic (exact) mass is 401 g/mol. The molecule has 0 aromatic rings. The first kappa shape index (κ1) is 32.5. The quantitative estimate of drug-likeness (QED) is 0.309. The van der Waals surface area contributed by atoms with Crippen LogP contribution < -0.4 is 16.0 Å². The Balaban J connectivity index is -0.000000340. The molecule has 0 aromatic carbocycles. The SMILES string of the molecule is CC(C)CCCCNC(C)C.CC(C)CCNC(C)C.CC(C)CNC(C)C. The van der Waals surface area contributed by atoms with E-state index in [-0.39, 0.29) is 0 Å². The summed E-state index contributed by atoms with van der Waals surface area (Å²) in [6.45, 7) is 30.1. The van der Waals surface area contributed by atoms with Crippen molar-refractivity contribution in [2.45, 2.75) is 127 Å². The Kier molecular flexibility index (Phi) is 26.9. The van der Waals surface area contributed by atoms with Crippen molar-refractivity contribution in [2.24, 2.45) is 17.8 Å². The summed E-state index contributed by atoms with van der Waals surface area (Å²) in [5, 5.41) is 10.1. The Morgan fingerprint density at radius 2 is 0.857 bits per heavy atom. The lowest BCUT2D eigenvalue weighted by Crippen LogP contribution is -2.26. The van der Waals surface area contributed by atoms with E-state index in [0.717, 1.165) is 30.8 Å². The topological polar surface area (TPSA) is 36.1 Å². The zero-order valence-corrected chi connectivity index (χ0v) is 21.9. The Hall–Kier alpha value is -0.120. The van der Waals surface area contributed by atoms with Crippen molar-refractivity contribution in [3.05, 3.63) is 0 Å². The molecule has 3 heteroatoms. The highest BCUT2D eigenvalue weighted by atomic mass is 14.9. The van der Waals surface area contributed by atoms with E-state index in [9.17, 15) is 0 Å². The lowest BCUT2D eigenvalue weighted by atomic mass is 10.1. The molecule has 0 rings (SSSR count). The number of hydrogen-bond acceptors (Lipinski definition) is 3. The lowest BCUT2D eigenvalue weighted by Gasteiger charge is -2.09. The predicted molar refractivity (Wildman–Crippen MR) is 132 cm³/mol. The second-order valence-corrected chi connectivity index (χ2v) is 10.2. The van der Waals surface area contributed by atoms with Crippen LogP contribution in [0.2, 0.25) is 0 Å². The molecule has 0 saturated carbocycles. The molecular formula is C25H59N3. The third kappa shape index (κ3) is 44.9. The van der Waals surface area contributed by atoms with Crippen molar-refractivity contribution >= 4 is 0 Å². The molecule has 0 amide bonds. The summed E-state index contributed by atoms with van der Waals surface area (Å²) < 4.78 is 0. The second-order valence-electron chi connectivity index (χ2n) is 10.2. The highest BCUT2D eigenvalue weighted by Gasteiger charge is 1.95. The summed E-state index contributed by atoms with van der Waals surface area (Å²) in [6, 6.07) is 1.93. The molecule has 0 aliphatic rings. The summed E-state index contributed by atoms with van der Waals surface area (Å²) in [5.41, 5.74) is 0. The Morgan fingerprint density at radius 1 is 0.429 bits per heavy atom. The fraction of sp³-hybridized carbons (Fsp3) is 1.00. The highest BCUT2D eigenvalue weighted by Crippen LogP contribution is 2.05. The Morgan fingerprint density at radius 3 is 1.18 bits per heavy atom. The van der Waals surface area contributed by atoms with Gasteiger partial charge in [0.15, 0.2) is 0 Å². The molecule has 174 valence electrons. The van der Waals surface area contributed by atoms with Gasteiger partial charge in [-0.05, 0) is 50.2 Å². The molecular weight excluding hydrogens is 342 g/mol. The van der Waals surface area contributed by atoms with Crippen molar-refractivity contribution < 1.29 is 0 Å². The molecule has 0 unspecified atom stereocenters. The van der Waals surface area contributed by atoms with Gasteiger partial charge in [0.2, 0.25) is 0 Å². The van der Waals surface area contributed by atoms with E-state index in [1.165, 1.54) is 32.2 Å². The van der Waals surface area contributed by atoms with Gasteiger partial charge in [0.1, 0.15) is 0 Å². The van der Waals surface area contributed by atoms with E-state index in [2.05, 4.69) is 99.0 Å². The van der Waals surface area contributed by atoms with Gasteiger partial charge in [-0.2, -0.15) is 0 Å². The van der Waals surface area contributed by atoms with Crippen LogP contribution in [0, 0.1) is 17.8 Å². The van der Waals surface area contributed by atoms with Gasteiger partial charge >= 0.3 is 0 Å². The van der Waals surface area contributed by atoms with Crippen LogP contribution in [0.1, 0.15) is 109 Å². The van der Waals surface area contributed by atoms with Crippen LogP contribution in [0.3, 0.4) is 0 Å². The van der Waals surface area contributed by atoms with Crippen LogP contribution in [0.4, 0.5) is 0 Å². The van der Waals surface area contributed by atoms with Crippen LogP contribution in [0.15, 0.2) is 0 Å². The molecule has 3 N–H and O–H groups in total. The number of nitrogens with one attached hydrogen (secondary N) is 3. The molecule has 0 spiro atoms. The van der Waals surface area contributed by atoms with Crippen molar-refractivity contribution in [2.75, 3.05) is 19.6 Å². The summed E-state index contributed by atoms with van der Waals surface area (Å²) in [6.07, 6.45) is 5.37. The fourth-order valence-corrected chi connectivity index (χ4v) is 2.20. The first-order valence-corrected chi connectivity index (χ1v) is 12.1. The van der Waals surface area contributed by atoms with Crippen LogP contribution in [0.25, 0.3) is 0 Å². The third-order valence-corrected chi connectivity index (χ3v) is 3.97. The van der Waals surface area contributed by atoms with Gasteiger partial charge in [-0.3, -0.25) is 0 Å². The molecule has 28 heavy (non-hydrogen) atoms. The summed E-state index contributed by atoms with van der Waals surface area (Å²) in [5.74, 6) is 2.47. The van der Waals surface area contributed by atoms with Gasteiger partial charge in [-0.1, -0.05) is 95.9 Å². The Bertz CT molecular complexity index is 245. The minimum atomic E-state index is 0.636. The standard InChI is InChI=1S/C10H23N.C8H19N.C7H17N/c1-9(2)7-5-6-8-11-10(3)4;1-7(2)5-6-9-8(3)4;1-6(2)5-8-7(3)4/h9-11H,5-8H2,1-4H3;7-9H,5-6H2,1-4H3;6-8H,5H2,1-4H3. The number of hydrogen-bond donors (Lipinski definition) is 3. The zero-order valence-electron chi connectivity index (χ0n) is 21.9. The molecule has 0 fully saturated rings.